The molecule has 4 aromatic rings. The van der Waals surface area contributed by atoms with E-state index >= 15 is 4.39 Å². The molecule has 6 rings (SSSR count). The van der Waals surface area contributed by atoms with Crippen LogP contribution in [-0.4, -0.2) is 70.7 Å². The number of amides is 1. The smallest absolute Gasteiger partial charge is 0.259 e. The van der Waals surface area contributed by atoms with E-state index in [2.05, 4.69) is 9.97 Å². The first-order valence-electron chi connectivity index (χ1n) is 13.4. The minimum Gasteiger partial charge on any atom is -0.451 e. The first-order chi connectivity index (χ1) is 19.4. The molecular weight excluding hydrogens is 513 g/mol. The predicted octanol–water partition coefficient (Wildman–Crippen LogP) is 3.16. The van der Waals surface area contributed by atoms with Gasteiger partial charge in [-0.3, -0.25) is 9.59 Å². The van der Waals surface area contributed by atoms with Crippen LogP contribution in [0, 0.1) is 5.82 Å². The Balaban J connectivity index is 1.45. The molecule has 0 aliphatic carbocycles. The van der Waals surface area contributed by atoms with Crippen molar-refractivity contribution in [2.75, 3.05) is 49.1 Å². The van der Waals surface area contributed by atoms with Crippen LogP contribution in [0.1, 0.15) is 24.2 Å². The second-order valence-electron chi connectivity index (χ2n) is 10.1. The van der Waals surface area contributed by atoms with E-state index in [0.717, 1.165) is 0 Å². The number of ether oxygens (including phenoxy) is 1. The van der Waals surface area contributed by atoms with Crippen molar-refractivity contribution in [3.05, 3.63) is 76.6 Å². The monoisotopic (exact) mass is 543 g/mol. The van der Waals surface area contributed by atoms with Gasteiger partial charge in [0, 0.05) is 63.9 Å². The van der Waals surface area contributed by atoms with E-state index in [1.807, 2.05) is 41.8 Å². The standard InChI is InChI=1S/C29H30FN7O3/c1-3-34(16-18(2)31)25-21(30)15-19-24-27(25)40-23-8-5-4-7-22(23)37(24)17-20(26(19)38)28(39)35-11-13-36(14-12-35)29-32-9-6-10-33-29/h4-10,15,17-18H,3,11-14,16,31H2,1-2H3. The highest BCUT2D eigenvalue weighted by atomic mass is 19.1. The van der Waals surface area contributed by atoms with E-state index in [1.165, 1.54) is 6.07 Å². The molecule has 1 fully saturated rings. The van der Waals surface area contributed by atoms with E-state index < -0.39 is 17.2 Å². The summed E-state index contributed by atoms with van der Waals surface area (Å²) in [6.07, 6.45) is 4.92. The lowest BCUT2D eigenvalue weighted by molar-refractivity contribution is 0.0744. The van der Waals surface area contributed by atoms with Crippen LogP contribution >= 0.6 is 0 Å². The number of likely N-dealkylation sites (N-methyl/N-ethyl adjacent to an activating group) is 1. The number of pyridine rings is 1. The Hall–Kier alpha value is -4.51. The number of hydrogen-bond acceptors (Lipinski definition) is 8. The first kappa shape index (κ1) is 25.8. The zero-order chi connectivity index (χ0) is 28.0. The molecule has 4 heterocycles. The van der Waals surface area contributed by atoms with Crippen molar-refractivity contribution < 1.29 is 13.9 Å². The number of hydrogen-bond donors (Lipinski definition) is 1. The molecule has 1 amide bonds. The van der Waals surface area contributed by atoms with Gasteiger partial charge in [0.25, 0.3) is 5.91 Å². The van der Waals surface area contributed by atoms with Gasteiger partial charge in [-0.05, 0) is 38.1 Å². The van der Waals surface area contributed by atoms with Crippen molar-refractivity contribution in [2.45, 2.75) is 19.9 Å². The summed E-state index contributed by atoms with van der Waals surface area (Å²) >= 11 is 0. The Morgan fingerprint density at radius 2 is 1.88 bits per heavy atom. The lowest BCUT2D eigenvalue weighted by atomic mass is 10.0. The van der Waals surface area contributed by atoms with Gasteiger partial charge in [0.15, 0.2) is 17.3 Å². The zero-order valence-corrected chi connectivity index (χ0v) is 22.4. The van der Waals surface area contributed by atoms with Gasteiger partial charge in [-0.25, -0.2) is 14.4 Å². The van der Waals surface area contributed by atoms with E-state index in [-0.39, 0.29) is 28.4 Å². The Morgan fingerprint density at radius 3 is 2.58 bits per heavy atom. The molecule has 0 spiro atoms. The summed E-state index contributed by atoms with van der Waals surface area (Å²) in [4.78, 5) is 41.6. The number of nitrogens with zero attached hydrogens (tertiary/aromatic N) is 6. The van der Waals surface area contributed by atoms with Crippen molar-refractivity contribution in [3.8, 4) is 17.2 Å². The normalized spacial score (nSPS) is 15.0. The summed E-state index contributed by atoms with van der Waals surface area (Å²) in [7, 11) is 0. The number of carbonyl (C=O) groups excluding carboxylic acids is 1. The van der Waals surface area contributed by atoms with Gasteiger partial charge in [-0.1, -0.05) is 12.1 Å². The molecule has 2 aromatic heterocycles. The first-order valence-corrected chi connectivity index (χ1v) is 13.4. The SMILES string of the molecule is CCN(CC(C)N)c1c(F)cc2c(=O)c(C(=O)N3CCN(c4ncccn4)CC3)cn3c2c1Oc1ccccc1-3. The molecular formula is C29H30FN7O3. The minimum absolute atomic E-state index is 0.0188. The summed E-state index contributed by atoms with van der Waals surface area (Å²) in [5.41, 5.74) is 6.83. The van der Waals surface area contributed by atoms with Gasteiger partial charge < -0.3 is 29.7 Å². The number of fused-ring (bicyclic) bond motifs is 2. The fourth-order valence-electron chi connectivity index (χ4n) is 5.46. The van der Waals surface area contributed by atoms with Crippen molar-refractivity contribution in [3.63, 3.8) is 0 Å². The number of halogens is 1. The van der Waals surface area contributed by atoms with Crippen molar-refractivity contribution in [1.82, 2.24) is 19.4 Å². The largest absolute Gasteiger partial charge is 0.451 e. The second-order valence-corrected chi connectivity index (χ2v) is 10.1. The van der Waals surface area contributed by atoms with Crippen LogP contribution in [-0.2, 0) is 0 Å². The van der Waals surface area contributed by atoms with Gasteiger partial charge in [0.1, 0.15) is 16.8 Å². The number of para-hydroxylation sites is 2. The molecule has 1 atom stereocenters. The highest BCUT2D eigenvalue weighted by molar-refractivity contribution is 6.01. The summed E-state index contributed by atoms with van der Waals surface area (Å²) in [6.45, 7) is 6.51. The lowest BCUT2D eigenvalue weighted by Crippen LogP contribution is -2.50. The molecule has 0 radical (unpaired) electrons. The second kappa shape index (κ2) is 10.2. The predicted molar refractivity (Wildman–Crippen MR) is 151 cm³/mol. The molecule has 2 aliphatic heterocycles. The molecule has 11 heteroatoms. The molecule has 206 valence electrons. The molecule has 2 aromatic carbocycles. The quantitative estimate of drug-likeness (QED) is 0.348. The third-order valence-electron chi connectivity index (χ3n) is 7.35. The summed E-state index contributed by atoms with van der Waals surface area (Å²) in [5, 5.41) is 0.0878. The highest BCUT2D eigenvalue weighted by Gasteiger charge is 2.32. The topological polar surface area (TPSA) is 110 Å². The van der Waals surface area contributed by atoms with Gasteiger partial charge in [0.05, 0.1) is 11.1 Å². The van der Waals surface area contributed by atoms with Gasteiger partial charge in [-0.2, -0.15) is 0 Å². The summed E-state index contributed by atoms with van der Waals surface area (Å²) in [6, 6.07) is 10.1. The molecule has 2 aliphatic rings. The Bertz CT molecular complexity index is 1650. The number of anilines is 2. The average Bonchev–Trinajstić information content (AvgIpc) is 2.97. The van der Waals surface area contributed by atoms with Crippen molar-refractivity contribution in [1.29, 1.82) is 0 Å². The molecule has 40 heavy (non-hydrogen) atoms. The molecule has 0 bridgehead atoms. The van der Waals surface area contributed by atoms with Crippen LogP contribution in [0.3, 0.4) is 0 Å². The number of carbonyl (C=O) groups is 1. The Labute approximate surface area is 230 Å². The van der Waals surface area contributed by atoms with Crippen molar-refractivity contribution >= 4 is 28.4 Å². The molecule has 2 N–H and O–H groups in total. The van der Waals surface area contributed by atoms with Crippen LogP contribution in [0.5, 0.6) is 11.5 Å². The van der Waals surface area contributed by atoms with E-state index in [1.54, 1.807) is 40.2 Å². The maximum atomic E-state index is 15.8. The Morgan fingerprint density at radius 1 is 1.15 bits per heavy atom. The van der Waals surface area contributed by atoms with Crippen molar-refractivity contribution in [2.24, 2.45) is 5.73 Å². The third kappa shape index (κ3) is 4.32. The van der Waals surface area contributed by atoms with Crippen LogP contribution < -0.4 is 25.7 Å². The molecule has 1 unspecified atom stereocenters. The molecule has 10 nitrogen and oxygen atoms in total. The summed E-state index contributed by atoms with van der Waals surface area (Å²) < 4.78 is 23.9. The zero-order valence-electron chi connectivity index (χ0n) is 22.4. The highest BCUT2D eigenvalue weighted by Crippen LogP contribution is 2.46. The van der Waals surface area contributed by atoms with Gasteiger partial charge in [0.2, 0.25) is 11.4 Å². The van der Waals surface area contributed by atoms with Crippen LogP contribution in [0.15, 0.2) is 59.8 Å². The van der Waals surface area contributed by atoms with Crippen LogP contribution in [0.2, 0.25) is 0 Å². The maximum absolute atomic E-state index is 15.8. The number of nitrogens with two attached hydrogens (primary N) is 1. The number of piperazine rings is 1. The summed E-state index contributed by atoms with van der Waals surface area (Å²) in [5.74, 6) is 0.341. The lowest BCUT2D eigenvalue weighted by Gasteiger charge is -2.35. The number of aromatic nitrogens is 3. The minimum atomic E-state index is -0.603. The number of rotatable bonds is 6. The molecule has 0 saturated carbocycles. The van der Waals surface area contributed by atoms with Gasteiger partial charge >= 0.3 is 0 Å². The maximum Gasteiger partial charge on any atom is 0.259 e. The average molecular weight is 544 g/mol. The van der Waals surface area contributed by atoms with Crippen LogP contribution in [0.4, 0.5) is 16.0 Å². The fourth-order valence-corrected chi connectivity index (χ4v) is 5.46. The van der Waals surface area contributed by atoms with E-state index in [0.29, 0.717) is 62.2 Å². The fraction of sp³-hybridized carbons (Fsp3) is 0.310. The third-order valence-corrected chi connectivity index (χ3v) is 7.35. The molecule has 1 saturated heterocycles. The Kier molecular flexibility index (Phi) is 6.59. The van der Waals surface area contributed by atoms with E-state index in [9.17, 15) is 9.59 Å². The van der Waals surface area contributed by atoms with Gasteiger partial charge in [-0.15, -0.1) is 0 Å². The number of benzene rings is 2. The van der Waals surface area contributed by atoms with Crippen LogP contribution in [0.25, 0.3) is 16.6 Å². The van der Waals surface area contributed by atoms with E-state index in [4.69, 9.17) is 10.5 Å².